The minimum Gasteiger partial charge on any atom is -0.480 e. The Kier molecular flexibility index (Phi) is 3.24. The molecule has 5 nitrogen and oxygen atoms in total. The molecule has 1 fully saturated rings. The molecule has 1 aromatic heterocycles. The van der Waals surface area contributed by atoms with E-state index in [1.807, 2.05) is 0 Å². The van der Waals surface area contributed by atoms with Gasteiger partial charge >= 0.3 is 0 Å². The van der Waals surface area contributed by atoms with E-state index in [4.69, 9.17) is 10.5 Å². The molecule has 0 spiro atoms. The molecule has 0 amide bonds. The van der Waals surface area contributed by atoms with E-state index in [2.05, 4.69) is 21.8 Å². The zero-order valence-corrected chi connectivity index (χ0v) is 9.76. The first kappa shape index (κ1) is 11.1. The maximum atomic E-state index is 5.91. The van der Waals surface area contributed by atoms with E-state index in [1.165, 1.54) is 0 Å². The van der Waals surface area contributed by atoms with Gasteiger partial charge in [0.2, 0.25) is 5.88 Å². The molecular formula is C11H18N4O. The third-order valence-corrected chi connectivity index (χ3v) is 3.10. The first-order chi connectivity index (χ1) is 7.70. The molecule has 0 radical (unpaired) electrons. The third kappa shape index (κ3) is 2.24. The van der Waals surface area contributed by atoms with Gasteiger partial charge in [0.05, 0.1) is 19.5 Å². The van der Waals surface area contributed by atoms with Crippen molar-refractivity contribution in [3.8, 4) is 5.88 Å². The Balaban J connectivity index is 2.08. The van der Waals surface area contributed by atoms with Crippen molar-refractivity contribution in [2.75, 3.05) is 25.1 Å². The summed E-state index contributed by atoms with van der Waals surface area (Å²) in [4.78, 5) is 10.7. The van der Waals surface area contributed by atoms with E-state index in [9.17, 15) is 0 Å². The molecule has 1 aliphatic rings. The van der Waals surface area contributed by atoms with Crippen LogP contribution in [0.25, 0.3) is 0 Å². The molecular weight excluding hydrogens is 204 g/mol. The fourth-order valence-electron chi connectivity index (χ4n) is 2.01. The highest BCUT2D eigenvalue weighted by molar-refractivity contribution is 5.39. The summed E-state index contributed by atoms with van der Waals surface area (Å²) in [7, 11) is 1.60. The molecule has 2 atom stereocenters. The largest absolute Gasteiger partial charge is 0.480 e. The van der Waals surface area contributed by atoms with Crippen molar-refractivity contribution in [1.82, 2.24) is 9.97 Å². The van der Waals surface area contributed by atoms with Crippen molar-refractivity contribution >= 4 is 5.82 Å². The minimum absolute atomic E-state index is 0.239. The Bertz CT molecular complexity index is 356. The summed E-state index contributed by atoms with van der Waals surface area (Å²) >= 11 is 0. The van der Waals surface area contributed by atoms with Crippen LogP contribution in [-0.4, -0.2) is 36.2 Å². The number of anilines is 1. The van der Waals surface area contributed by atoms with Crippen LogP contribution in [0.15, 0.2) is 12.4 Å². The molecule has 88 valence electrons. The van der Waals surface area contributed by atoms with Gasteiger partial charge in [-0.3, -0.25) is 4.98 Å². The van der Waals surface area contributed by atoms with Gasteiger partial charge in [-0.15, -0.1) is 0 Å². The molecule has 16 heavy (non-hydrogen) atoms. The molecule has 5 heteroatoms. The molecule has 2 unspecified atom stereocenters. The van der Waals surface area contributed by atoms with Crippen LogP contribution in [0.1, 0.15) is 13.3 Å². The fourth-order valence-corrected chi connectivity index (χ4v) is 2.01. The lowest BCUT2D eigenvalue weighted by atomic mass is 10.0. The second kappa shape index (κ2) is 4.65. The summed E-state index contributed by atoms with van der Waals surface area (Å²) < 4.78 is 5.06. The first-order valence-corrected chi connectivity index (χ1v) is 5.57. The van der Waals surface area contributed by atoms with Crippen LogP contribution in [0.5, 0.6) is 5.88 Å². The second-order valence-electron chi connectivity index (χ2n) is 4.27. The van der Waals surface area contributed by atoms with E-state index in [-0.39, 0.29) is 6.04 Å². The Morgan fingerprint density at radius 1 is 1.56 bits per heavy atom. The highest BCUT2D eigenvalue weighted by Crippen LogP contribution is 2.24. The van der Waals surface area contributed by atoms with E-state index >= 15 is 0 Å². The number of hydrogen-bond donors (Lipinski definition) is 1. The third-order valence-electron chi connectivity index (χ3n) is 3.10. The van der Waals surface area contributed by atoms with E-state index in [1.54, 1.807) is 19.5 Å². The predicted octanol–water partition coefficient (Wildman–Crippen LogP) is 0.659. The van der Waals surface area contributed by atoms with Gasteiger partial charge in [-0.1, -0.05) is 0 Å². The minimum atomic E-state index is 0.239. The van der Waals surface area contributed by atoms with E-state index in [0.717, 1.165) is 25.3 Å². The van der Waals surface area contributed by atoms with E-state index in [0.29, 0.717) is 11.8 Å². The Morgan fingerprint density at radius 2 is 2.38 bits per heavy atom. The number of methoxy groups -OCH3 is 1. The molecule has 0 aliphatic carbocycles. The van der Waals surface area contributed by atoms with Gasteiger partial charge in [-0.25, -0.2) is 0 Å². The smallest absolute Gasteiger partial charge is 0.233 e. The summed E-state index contributed by atoms with van der Waals surface area (Å²) in [5, 5.41) is 0. The van der Waals surface area contributed by atoms with Gasteiger partial charge in [-0.05, 0) is 19.3 Å². The normalized spacial score (nSPS) is 22.2. The Labute approximate surface area is 95.6 Å². The zero-order chi connectivity index (χ0) is 11.5. The van der Waals surface area contributed by atoms with Crippen LogP contribution in [0, 0.1) is 5.92 Å². The highest BCUT2D eigenvalue weighted by Gasteiger charge is 2.26. The summed E-state index contributed by atoms with van der Waals surface area (Å²) in [5.41, 5.74) is 5.91. The topological polar surface area (TPSA) is 64.3 Å². The number of hydrogen-bond acceptors (Lipinski definition) is 5. The molecule has 1 saturated heterocycles. The standard InChI is InChI=1S/C11H18N4O/c1-8(12)9-3-4-15(7-9)10-5-13-6-11(14-10)16-2/h5-6,8-9H,3-4,7,12H2,1-2H3. The summed E-state index contributed by atoms with van der Waals surface area (Å²) in [6.45, 7) is 4.01. The van der Waals surface area contributed by atoms with Gasteiger partial charge in [0.25, 0.3) is 0 Å². The maximum Gasteiger partial charge on any atom is 0.233 e. The Morgan fingerprint density at radius 3 is 3.00 bits per heavy atom. The van der Waals surface area contributed by atoms with Crippen molar-refractivity contribution in [1.29, 1.82) is 0 Å². The maximum absolute atomic E-state index is 5.91. The molecule has 0 saturated carbocycles. The molecule has 0 aromatic carbocycles. The number of nitrogens with two attached hydrogens (primary N) is 1. The van der Waals surface area contributed by atoms with Crippen molar-refractivity contribution in [2.24, 2.45) is 11.7 Å². The SMILES string of the molecule is COc1cncc(N2CCC(C(C)N)C2)n1. The molecule has 1 aromatic rings. The van der Waals surface area contributed by atoms with Gasteiger partial charge in [0.15, 0.2) is 5.82 Å². The average Bonchev–Trinajstić information content (AvgIpc) is 2.78. The van der Waals surface area contributed by atoms with Crippen molar-refractivity contribution < 1.29 is 4.74 Å². The van der Waals surface area contributed by atoms with E-state index < -0.39 is 0 Å². The second-order valence-corrected chi connectivity index (χ2v) is 4.27. The monoisotopic (exact) mass is 222 g/mol. The predicted molar refractivity (Wildman–Crippen MR) is 62.6 cm³/mol. The lowest BCUT2D eigenvalue weighted by molar-refractivity contribution is 0.395. The lowest BCUT2D eigenvalue weighted by Gasteiger charge is -2.18. The number of ether oxygens (including phenoxy) is 1. The molecule has 0 bridgehead atoms. The van der Waals surface area contributed by atoms with Gasteiger partial charge in [-0.2, -0.15) is 4.98 Å². The van der Waals surface area contributed by atoms with Crippen LogP contribution < -0.4 is 15.4 Å². The van der Waals surface area contributed by atoms with Crippen LogP contribution in [0.4, 0.5) is 5.82 Å². The zero-order valence-electron chi connectivity index (χ0n) is 9.76. The van der Waals surface area contributed by atoms with Crippen molar-refractivity contribution in [3.05, 3.63) is 12.4 Å². The van der Waals surface area contributed by atoms with Gasteiger partial charge in [0.1, 0.15) is 0 Å². The molecule has 2 heterocycles. The lowest BCUT2D eigenvalue weighted by Crippen LogP contribution is -2.30. The number of aromatic nitrogens is 2. The summed E-state index contributed by atoms with van der Waals surface area (Å²) in [6.07, 6.45) is 4.51. The van der Waals surface area contributed by atoms with Gasteiger partial charge < -0.3 is 15.4 Å². The quantitative estimate of drug-likeness (QED) is 0.814. The Hall–Kier alpha value is -1.36. The number of nitrogens with zero attached hydrogens (tertiary/aromatic N) is 3. The average molecular weight is 222 g/mol. The first-order valence-electron chi connectivity index (χ1n) is 5.57. The van der Waals surface area contributed by atoms with Crippen LogP contribution in [0.2, 0.25) is 0 Å². The van der Waals surface area contributed by atoms with Crippen molar-refractivity contribution in [2.45, 2.75) is 19.4 Å². The van der Waals surface area contributed by atoms with Crippen LogP contribution in [-0.2, 0) is 0 Å². The van der Waals surface area contributed by atoms with Crippen molar-refractivity contribution in [3.63, 3.8) is 0 Å². The number of rotatable bonds is 3. The van der Waals surface area contributed by atoms with Crippen LogP contribution in [0.3, 0.4) is 0 Å². The molecule has 2 N–H and O–H groups in total. The van der Waals surface area contributed by atoms with Gasteiger partial charge in [0, 0.05) is 19.1 Å². The molecule has 2 rings (SSSR count). The van der Waals surface area contributed by atoms with Crippen LogP contribution >= 0.6 is 0 Å². The summed E-state index contributed by atoms with van der Waals surface area (Å²) in [6, 6.07) is 0.239. The fraction of sp³-hybridized carbons (Fsp3) is 0.636. The highest BCUT2D eigenvalue weighted by atomic mass is 16.5. The summed E-state index contributed by atoms with van der Waals surface area (Å²) in [5.74, 6) is 1.98. The molecule has 1 aliphatic heterocycles.